The van der Waals surface area contributed by atoms with Crippen LogP contribution >= 0.6 is 46.9 Å². The molecule has 1 fully saturated rings. The molecular formula is C23H51BN2O26P6. The van der Waals surface area contributed by atoms with Gasteiger partial charge >= 0.3 is 46.9 Å². The van der Waals surface area contributed by atoms with E-state index in [0.717, 1.165) is 6.54 Å². The molecule has 58 heavy (non-hydrogen) atoms. The van der Waals surface area contributed by atoms with E-state index in [9.17, 15) is 66.7 Å². The minimum Gasteiger partial charge on any atom is -0.390 e. The maximum Gasteiger partial charge on any atom is 0.490 e. The summed E-state index contributed by atoms with van der Waals surface area (Å²) in [5.41, 5.74) is 0. The lowest BCUT2D eigenvalue weighted by molar-refractivity contribution is -0.122. The van der Waals surface area contributed by atoms with E-state index in [2.05, 4.69) is 41.2 Å². The van der Waals surface area contributed by atoms with Gasteiger partial charge in [0.25, 0.3) is 0 Å². The Morgan fingerprint density at radius 2 is 1.03 bits per heavy atom. The fourth-order valence-electron chi connectivity index (χ4n) is 4.01. The zero-order valence-electron chi connectivity index (χ0n) is 31.1. The highest BCUT2D eigenvalue weighted by Crippen LogP contribution is 2.75. The highest BCUT2D eigenvalue weighted by molar-refractivity contribution is 7.72. The first-order valence-corrected chi connectivity index (χ1v) is 26.0. The van der Waals surface area contributed by atoms with Gasteiger partial charge in [-0.3, -0.25) is 13.8 Å². The van der Waals surface area contributed by atoms with E-state index in [1.165, 1.54) is 0 Å². The summed E-state index contributed by atoms with van der Waals surface area (Å²) in [6.07, 6.45) is -1.11. The smallest absolute Gasteiger partial charge is 0.390 e. The van der Waals surface area contributed by atoms with E-state index in [1.54, 1.807) is 0 Å². The minimum atomic E-state index is -6.41. The molecule has 1 heterocycles. The number of phosphoric ester groups is 2. The number of carbonyl (C=O) groups excluding carboxylic acids is 1. The van der Waals surface area contributed by atoms with Crippen molar-refractivity contribution >= 4 is 60.7 Å². The molecular weight excluding hydrogens is 917 g/mol. The maximum absolute atomic E-state index is 12.1. The van der Waals surface area contributed by atoms with Gasteiger partial charge in [0, 0.05) is 25.5 Å². The van der Waals surface area contributed by atoms with Crippen molar-refractivity contribution in [3.63, 3.8) is 0 Å². The van der Waals surface area contributed by atoms with E-state index in [0.29, 0.717) is 72.1 Å². The van der Waals surface area contributed by atoms with Crippen molar-refractivity contribution in [3.8, 4) is 0 Å². The zero-order chi connectivity index (χ0) is 43.9. The molecule has 28 nitrogen and oxygen atoms in total. The van der Waals surface area contributed by atoms with Gasteiger partial charge in [0.1, 0.15) is 14.0 Å². The van der Waals surface area contributed by atoms with Crippen LogP contribution in [-0.2, 0) is 86.5 Å². The van der Waals surface area contributed by atoms with Crippen LogP contribution in [0.3, 0.4) is 0 Å². The normalized spacial score (nSPS) is 23.5. The van der Waals surface area contributed by atoms with Crippen LogP contribution in [0.5, 0.6) is 0 Å². The van der Waals surface area contributed by atoms with Crippen LogP contribution in [-0.4, -0.2) is 153 Å². The Morgan fingerprint density at radius 3 is 1.50 bits per heavy atom. The Labute approximate surface area is 334 Å². The Bertz CT molecular complexity index is 1500. The topological polar surface area (TPSA) is 396 Å². The Hall–Kier alpha value is 0.115. The van der Waals surface area contributed by atoms with Gasteiger partial charge < -0.3 is 68.8 Å². The van der Waals surface area contributed by atoms with Crippen LogP contribution in [0.15, 0.2) is 0 Å². The molecule has 1 amide bonds. The molecule has 342 valence electrons. The number of rotatable bonds is 36. The molecule has 1 saturated heterocycles. The maximum atomic E-state index is 12.1. The summed E-state index contributed by atoms with van der Waals surface area (Å²) in [7, 11) is -29.2. The molecule has 1 rings (SSSR count). The quantitative estimate of drug-likeness (QED) is 0.0237. The van der Waals surface area contributed by atoms with Crippen molar-refractivity contribution < 1.29 is 121 Å². The third-order valence-electron chi connectivity index (χ3n) is 6.42. The number of aliphatic hydroxyl groups excluding tert-OH is 1. The molecule has 35 heteroatoms. The molecule has 0 spiro atoms. The molecule has 7 unspecified atom stereocenters. The van der Waals surface area contributed by atoms with Gasteiger partial charge in [-0.25, -0.2) is 27.4 Å². The average molecular weight is 968 g/mol. The van der Waals surface area contributed by atoms with Crippen LogP contribution in [0.2, 0.25) is 0 Å². The monoisotopic (exact) mass is 968 g/mol. The highest BCUT2D eigenvalue weighted by Gasteiger charge is 2.49. The molecule has 1 aliphatic rings. The second-order valence-corrected chi connectivity index (χ2v) is 20.8. The summed E-state index contributed by atoms with van der Waals surface area (Å²) in [5.74, 6) is -0.253. The highest BCUT2D eigenvalue weighted by atomic mass is 31.3. The molecule has 0 aromatic rings. The number of unbranched alkanes of at least 4 members (excludes halogenated alkanes) is 3. The van der Waals surface area contributed by atoms with Gasteiger partial charge in [-0.2, -0.15) is 21.6 Å². The average Bonchev–Trinajstić information content (AvgIpc) is 3.38. The Kier molecular flexibility index (Phi) is 27.1. The van der Waals surface area contributed by atoms with Crippen LogP contribution in [0.25, 0.3) is 0 Å². The lowest BCUT2D eigenvalue weighted by atomic mass is 9.96. The van der Waals surface area contributed by atoms with Crippen molar-refractivity contribution in [1.29, 1.82) is 0 Å². The van der Waals surface area contributed by atoms with Crippen LogP contribution in [0, 0.1) is 0 Å². The number of phosphoric acid groups is 6. The Balaban J connectivity index is 2.25. The molecule has 2 radical (unpaired) electrons. The number of ether oxygens (including phenoxy) is 5. The summed E-state index contributed by atoms with van der Waals surface area (Å²) in [6.45, 7) is 2.74. The van der Waals surface area contributed by atoms with Crippen molar-refractivity contribution in [2.75, 3.05) is 86.2 Å². The number of hydrogen-bond donors (Lipinski definition) is 9. The summed E-state index contributed by atoms with van der Waals surface area (Å²) in [4.78, 5) is 69.5. The molecule has 0 aliphatic carbocycles. The van der Waals surface area contributed by atoms with Crippen LogP contribution in [0.1, 0.15) is 38.5 Å². The van der Waals surface area contributed by atoms with Gasteiger partial charge in [-0.05, 0) is 26.3 Å². The van der Waals surface area contributed by atoms with Crippen molar-refractivity contribution in [2.24, 2.45) is 0 Å². The van der Waals surface area contributed by atoms with Crippen molar-refractivity contribution in [3.05, 3.63) is 0 Å². The van der Waals surface area contributed by atoms with Gasteiger partial charge in [0.2, 0.25) is 5.91 Å². The molecule has 0 saturated carbocycles. The van der Waals surface area contributed by atoms with Crippen LogP contribution < -0.4 is 10.6 Å². The lowest BCUT2D eigenvalue weighted by Gasteiger charge is -2.21. The molecule has 0 bridgehead atoms. The summed E-state index contributed by atoms with van der Waals surface area (Å²) in [5, 5.41) is 15.3. The van der Waals surface area contributed by atoms with E-state index >= 15 is 0 Å². The van der Waals surface area contributed by atoms with E-state index < -0.39 is 78.4 Å². The number of aliphatic hydroxyl groups is 1. The minimum absolute atomic E-state index is 0.0814. The first-order valence-electron chi connectivity index (χ1n) is 17.0. The lowest BCUT2D eigenvalue weighted by Crippen LogP contribution is -2.26. The van der Waals surface area contributed by atoms with E-state index in [4.69, 9.17) is 31.5 Å². The van der Waals surface area contributed by atoms with Crippen LogP contribution in [0.4, 0.5) is 0 Å². The van der Waals surface area contributed by atoms with Gasteiger partial charge in [0.15, 0.2) is 0 Å². The van der Waals surface area contributed by atoms with Gasteiger partial charge in [-0.15, -0.1) is 0 Å². The summed E-state index contributed by atoms with van der Waals surface area (Å²) >= 11 is 0. The van der Waals surface area contributed by atoms with Crippen molar-refractivity contribution in [2.45, 2.75) is 56.7 Å². The second-order valence-electron chi connectivity index (χ2n) is 11.4. The largest absolute Gasteiger partial charge is 0.490 e. The van der Waals surface area contributed by atoms with Crippen molar-refractivity contribution in [1.82, 2.24) is 10.6 Å². The predicted octanol–water partition coefficient (Wildman–Crippen LogP) is 0.702. The number of carbonyl (C=O) groups is 1. The molecule has 1 aliphatic heterocycles. The van der Waals surface area contributed by atoms with Gasteiger partial charge in [-0.1, -0.05) is 12.8 Å². The molecule has 9 N–H and O–H groups in total. The summed E-state index contributed by atoms with van der Waals surface area (Å²) in [6, 6.07) is -0.979. The first kappa shape index (κ1) is 56.1. The van der Waals surface area contributed by atoms with E-state index in [-0.39, 0.29) is 31.8 Å². The first-order chi connectivity index (χ1) is 26.9. The third kappa shape index (κ3) is 29.4. The van der Waals surface area contributed by atoms with E-state index in [1.807, 2.05) is 7.05 Å². The molecule has 9 atom stereocenters. The number of likely N-dealkylation sites (N-methyl/N-ethyl adjacent to an activating group) is 1. The van der Waals surface area contributed by atoms with Gasteiger partial charge in [0.05, 0.1) is 72.2 Å². The SMILES string of the molecule is [B][C@H]1CC(O)[C@@H](COP(=O)(O)OP(=O)(O)OP(=O)(O)OP(=O)(O)OP(=O)(O)OP(=O)(O)OCCCCCCNC(=O)CCOCCOCCOCCOCCNC)O1. The number of hydrogen-bond acceptors (Lipinski definition) is 21. The fourth-order valence-corrected chi connectivity index (χ4v) is 11.9. The fraction of sp³-hybridized carbons (Fsp3) is 0.957. The Morgan fingerprint density at radius 1 is 0.603 bits per heavy atom. The number of nitrogens with one attached hydrogen (secondary N) is 2. The zero-order valence-corrected chi connectivity index (χ0v) is 36.5. The standard InChI is InChI=1S/C23H51BN2O26P6/c1-25-8-11-42-13-15-44-17-16-43-14-12-41-10-6-23(28)26-7-4-2-3-5-9-45-53(29,30)48-55(33,34)50-57(37,38)52-58(39,40)51-56(35,36)49-54(31,32)46-19-21-20(27)18-22(24)47-21/h20-22,25,27H,2-19H2,1H3,(H,26,28)(H,29,30)(H,31,32)(H,33,34)(H,35,36)(H,37,38)(H,39,40)/t20?,21-,22-/m1/s1. The summed E-state index contributed by atoms with van der Waals surface area (Å²) < 4.78 is 125. The number of amides is 1. The predicted molar refractivity (Wildman–Crippen MR) is 195 cm³/mol. The third-order valence-corrected chi connectivity index (χ3v) is 15.7. The molecule has 0 aromatic carbocycles. The second kappa shape index (κ2) is 28.0. The molecule has 0 aromatic heterocycles.